The summed E-state index contributed by atoms with van der Waals surface area (Å²) in [5.74, 6) is -1.07. The molecule has 1 aromatic rings. The minimum atomic E-state index is -1.07. The van der Waals surface area contributed by atoms with Crippen molar-refractivity contribution in [1.29, 1.82) is 0 Å². The molecule has 5 nitrogen and oxygen atoms in total. The fourth-order valence-corrected chi connectivity index (χ4v) is 1.81. The van der Waals surface area contributed by atoms with E-state index in [1.165, 1.54) is 0 Å². The third-order valence-electron chi connectivity index (χ3n) is 2.38. The van der Waals surface area contributed by atoms with Gasteiger partial charge < -0.3 is 15.7 Å². The summed E-state index contributed by atoms with van der Waals surface area (Å²) in [6.45, 7) is 1.84. The molecule has 0 saturated carbocycles. The summed E-state index contributed by atoms with van der Waals surface area (Å²) in [7, 11) is 0. The Bertz CT molecular complexity index is 480. The van der Waals surface area contributed by atoms with E-state index in [4.69, 9.17) is 28.3 Å². The summed E-state index contributed by atoms with van der Waals surface area (Å²) in [5, 5.41) is 14.3. The highest BCUT2D eigenvalue weighted by Gasteiger charge is 2.19. The first-order chi connectivity index (χ1) is 8.95. The third-order valence-corrected chi connectivity index (χ3v) is 3.20. The van der Waals surface area contributed by atoms with Crippen LogP contribution in [0.15, 0.2) is 18.2 Å². The second-order valence-electron chi connectivity index (χ2n) is 3.88. The predicted octanol–water partition coefficient (Wildman–Crippen LogP) is 3.37. The molecule has 0 aliphatic rings. The number of amides is 2. The van der Waals surface area contributed by atoms with Crippen LogP contribution >= 0.6 is 23.2 Å². The van der Waals surface area contributed by atoms with Crippen molar-refractivity contribution < 1.29 is 14.7 Å². The smallest absolute Gasteiger partial charge is 0.326 e. The van der Waals surface area contributed by atoms with Crippen molar-refractivity contribution in [2.75, 3.05) is 5.32 Å². The molecule has 0 aliphatic heterocycles. The van der Waals surface area contributed by atoms with E-state index in [0.29, 0.717) is 23.6 Å². The molecule has 1 aromatic carbocycles. The molecule has 0 radical (unpaired) electrons. The van der Waals surface area contributed by atoms with Gasteiger partial charge in [0.15, 0.2) is 0 Å². The Balaban J connectivity index is 2.69. The summed E-state index contributed by atoms with van der Waals surface area (Å²) in [4.78, 5) is 22.6. The maximum absolute atomic E-state index is 11.7. The second-order valence-corrected chi connectivity index (χ2v) is 4.66. The number of benzene rings is 1. The van der Waals surface area contributed by atoms with Gasteiger partial charge in [0.2, 0.25) is 0 Å². The van der Waals surface area contributed by atoms with Gasteiger partial charge in [0.05, 0.1) is 15.7 Å². The van der Waals surface area contributed by atoms with Gasteiger partial charge in [0.1, 0.15) is 6.04 Å². The SMILES string of the molecule is CCC[C@@H](NC(=O)Nc1cccc(Cl)c1Cl)C(=O)O. The van der Waals surface area contributed by atoms with Gasteiger partial charge in [-0.3, -0.25) is 0 Å². The fourth-order valence-electron chi connectivity index (χ4n) is 1.46. The molecule has 0 heterocycles. The van der Waals surface area contributed by atoms with E-state index in [1.807, 2.05) is 6.92 Å². The molecule has 7 heteroatoms. The molecule has 1 atom stereocenters. The Labute approximate surface area is 120 Å². The molecule has 0 fully saturated rings. The Kier molecular flexibility index (Phi) is 5.92. The van der Waals surface area contributed by atoms with Crippen LogP contribution in [0.5, 0.6) is 0 Å². The normalized spacial score (nSPS) is 11.7. The lowest BCUT2D eigenvalue weighted by atomic mass is 10.2. The number of urea groups is 1. The summed E-state index contributed by atoms with van der Waals surface area (Å²) in [5.41, 5.74) is 0.326. The average molecular weight is 305 g/mol. The number of anilines is 1. The molecule has 0 aromatic heterocycles. The number of nitrogens with one attached hydrogen (secondary N) is 2. The van der Waals surface area contributed by atoms with Crippen LogP contribution in [0.2, 0.25) is 10.0 Å². The molecule has 19 heavy (non-hydrogen) atoms. The highest BCUT2D eigenvalue weighted by Crippen LogP contribution is 2.29. The number of halogens is 2. The van der Waals surface area contributed by atoms with Gasteiger partial charge >= 0.3 is 12.0 Å². The highest BCUT2D eigenvalue weighted by molar-refractivity contribution is 6.43. The monoisotopic (exact) mass is 304 g/mol. The molecule has 0 aliphatic carbocycles. The van der Waals surface area contributed by atoms with Crippen LogP contribution in [0, 0.1) is 0 Å². The van der Waals surface area contributed by atoms with Gasteiger partial charge in [-0.2, -0.15) is 0 Å². The largest absolute Gasteiger partial charge is 0.480 e. The number of carbonyl (C=O) groups excluding carboxylic acids is 1. The lowest BCUT2D eigenvalue weighted by Gasteiger charge is -2.15. The zero-order valence-electron chi connectivity index (χ0n) is 10.2. The van der Waals surface area contributed by atoms with E-state index in [0.717, 1.165) is 0 Å². The Morgan fingerprint density at radius 2 is 2.05 bits per heavy atom. The standard InChI is InChI=1S/C12H14Cl2N2O3/c1-2-4-9(11(17)18)16-12(19)15-8-6-3-5-7(13)10(8)14/h3,5-6,9H,2,4H2,1H3,(H,17,18)(H2,15,16,19)/t9-/m1/s1. The zero-order valence-corrected chi connectivity index (χ0v) is 11.8. The molecular weight excluding hydrogens is 291 g/mol. The van der Waals surface area contributed by atoms with Gasteiger partial charge in [-0.15, -0.1) is 0 Å². The van der Waals surface area contributed by atoms with Crippen molar-refractivity contribution >= 4 is 40.9 Å². The van der Waals surface area contributed by atoms with Crippen LogP contribution in [0.25, 0.3) is 0 Å². The van der Waals surface area contributed by atoms with Crippen molar-refractivity contribution in [3.8, 4) is 0 Å². The van der Waals surface area contributed by atoms with Crippen molar-refractivity contribution in [2.45, 2.75) is 25.8 Å². The first-order valence-corrected chi connectivity index (χ1v) is 6.45. The molecule has 0 bridgehead atoms. The molecule has 0 unspecified atom stereocenters. The molecule has 2 amide bonds. The lowest BCUT2D eigenvalue weighted by molar-refractivity contribution is -0.139. The van der Waals surface area contributed by atoms with E-state index < -0.39 is 18.0 Å². The number of aliphatic carboxylic acids is 1. The van der Waals surface area contributed by atoms with Gasteiger partial charge in [-0.25, -0.2) is 9.59 Å². The van der Waals surface area contributed by atoms with Crippen molar-refractivity contribution in [3.05, 3.63) is 28.2 Å². The average Bonchev–Trinajstić information content (AvgIpc) is 2.34. The van der Waals surface area contributed by atoms with E-state index in [2.05, 4.69) is 10.6 Å². The van der Waals surface area contributed by atoms with Crippen molar-refractivity contribution in [3.63, 3.8) is 0 Å². The van der Waals surface area contributed by atoms with Crippen LogP contribution in [-0.4, -0.2) is 23.1 Å². The quantitative estimate of drug-likeness (QED) is 0.780. The summed E-state index contributed by atoms with van der Waals surface area (Å²) in [6, 6.07) is 3.23. The van der Waals surface area contributed by atoms with Crippen LogP contribution in [0.1, 0.15) is 19.8 Å². The number of hydrogen-bond donors (Lipinski definition) is 3. The molecule has 0 spiro atoms. The van der Waals surface area contributed by atoms with E-state index in [9.17, 15) is 9.59 Å². The van der Waals surface area contributed by atoms with Crippen LogP contribution in [0.4, 0.5) is 10.5 Å². The minimum absolute atomic E-state index is 0.210. The van der Waals surface area contributed by atoms with Crippen molar-refractivity contribution in [1.82, 2.24) is 5.32 Å². The topological polar surface area (TPSA) is 78.4 Å². The summed E-state index contributed by atoms with van der Waals surface area (Å²) >= 11 is 11.7. The van der Waals surface area contributed by atoms with Crippen LogP contribution < -0.4 is 10.6 Å². The first kappa shape index (κ1) is 15.6. The van der Waals surface area contributed by atoms with Gasteiger partial charge in [-0.05, 0) is 18.6 Å². The number of carboxylic acid groups (broad SMARTS) is 1. The summed E-state index contributed by atoms with van der Waals surface area (Å²) < 4.78 is 0. The molecule has 3 N–H and O–H groups in total. The fraction of sp³-hybridized carbons (Fsp3) is 0.333. The Hall–Kier alpha value is -1.46. The number of hydrogen-bond acceptors (Lipinski definition) is 2. The minimum Gasteiger partial charge on any atom is -0.480 e. The zero-order chi connectivity index (χ0) is 14.4. The van der Waals surface area contributed by atoms with Gasteiger partial charge in [-0.1, -0.05) is 42.6 Å². The van der Waals surface area contributed by atoms with E-state index >= 15 is 0 Å². The molecule has 104 valence electrons. The number of rotatable bonds is 5. The van der Waals surface area contributed by atoms with Crippen LogP contribution in [0.3, 0.4) is 0 Å². The highest BCUT2D eigenvalue weighted by atomic mass is 35.5. The number of carboxylic acids is 1. The number of carbonyl (C=O) groups is 2. The molecule has 0 saturated heterocycles. The third kappa shape index (κ3) is 4.61. The van der Waals surface area contributed by atoms with Gasteiger partial charge in [0, 0.05) is 0 Å². The maximum Gasteiger partial charge on any atom is 0.326 e. The molecular formula is C12H14Cl2N2O3. The van der Waals surface area contributed by atoms with E-state index in [-0.39, 0.29) is 5.02 Å². The van der Waals surface area contributed by atoms with Gasteiger partial charge in [0.25, 0.3) is 0 Å². The lowest BCUT2D eigenvalue weighted by Crippen LogP contribution is -2.42. The Morgan fingerprint density at radius 3 is 2.63 bits per heavy atom. The first-order valence-electron chi connectivity index (χ1n) is 5.70. The van der Waals surface area contributed by atoms with Crippen molar-refractivity contribution in [2.24, 2.45) is 0 Å². The van der Waals surface area contributed by atoms with E-state index in [1.54, 1.807) is 18.2 Å². The molecule has 1 rings (SSSR count). The predicted molar refractivity (Wildman–Crippen MR) is 74.9 cm³/mol. The summed E-state index contributed by atoms with van der Waals surface area (Å²) in [6.07, 6.45) is 1.00. The maximum atomic E-state index is 11.7. The second kappa shape index (κ2) is 7.21. The van der Waals surface area contributed by atoms with Crippen LogP contribution in [-0.2, 0) is 4.79 Å². The Morgan fingerprint density at radius 1 is 1.37 bits per heavy atom.